The molecule has 102 valence electrons. The van der Waals surface area contributed by atoms with Gasteiger partial charge in [-0.05, 0) is 27.2 Å². The predicted octanol–water partition coefficient (Wildman–Crippen LogP) is 0.765. The van der Waals surface area contributed by atoms with E-state index >= 15 is 0 Å². The highest BCUT2D eigenvalue weighted by atomic mass is 16.6. The zero-order valence-electron chi connectivity index (χ0n) is 11.0. The molecule has 0 saturated carbocycles. The van der Waals surface area contributed by atoms with Crippen molar-refractivity contribution in [2.24, 2.45) is 0 Å². The van der Waals surface area contributed by atoms with Gasteiger partial charge >= 0.3 is 12.1 Å². The van der Waals surface area contributed by atoms with Gasteiger partial charge in [-0.1, -0.05) is 0 Å². The van der Waals surface area contributed by atoms with Crippen LogP contribution in [0.25, 0.3) is 0 Å². The number of piperazine rings is 1. The van der Waals surface area contributed by atoms with Gasteiger partial charge in [-0.25, -0.2) is 4.79 Å². The minimum Gasteiger partial charge on any atom is -0.480 e. The number of carboxylic acids is 1. The van der Waals surface area contributed by atoms with Gasteiger partial charge in [0.15, 0.2) is 0 Å². The first-order valence-corrected chi connectivity index (χ1v) is 6.22. The van der Waals surface area contributed by atoms with E-state index in [-0.39, 0.29) is 24.7 Å². The number of carboxylic acid groups (broad SMARTS) is 1. The molecule has 0 spiro atoms. The first kappa shape index (κ1) is 13.1. The Morgan fingerprint density at radius 1 is 1.28 bits per heavy atom. The highest BCUT2D eigenvalue weighted by Gasteiger charge is 2.46. The summed E-state index contributed by atoms with van der Waals surface area (Å²) in [7, 11) is 0. The van der Waals surface area contributed by atoms with Crippen molar-refractivity contribution >= 4 is 12.1 Å². The Bertz CT molecular complexity index is 364. The molecule has 0 aromatic heterocycles. The number of hydrogen-bond acceptors (Lipinski definition) is 4. The van der Waals surface area contributed by atoms with Crippen molar-refractivity contribution < 1.29 is 19.4 Å². The van der Waals surface area contributed by atoms with Crippen LogP contribution >= 0.6 is 0 Å². The van der Waals surface area contributed by atoms with E-state index in [0.717, 1.165) is 6.42 Å². The van der Waals surface area contributed by atoms with Crippen molar-refractivity contribution in [2.45, 2.75) is 44.9 Å². The Kier molecular flexibility index (Phi) is 3.23. The van der Waals surface area contributed by atoms with Gasteiger partial charge in [-0.3, -0.25) is 9.69 Å². The van der Waals surface area contributed by atoms with E-state index in [1.807, 2.05) is 25.7 Å². The smallest absolute Gasteiger partial charge is 0.410 e. The third kappa shape index (κ3) is 2.75. The first-order valence-electron chi connectivity index (χ1n) is 6.22. The number of carbonyl (C=O) groups excluding carboxylic acids is 1. The van der Waals surface area contributed by atoms with E-state index in [4.69, 9.17) is 9.84 Å². The Morgan fingerprint density at radius 3 is 2.39 bits per heavy atom. The average Bonchev–Trinajstić information content (AvgIpc) is 2.72. The minimum absolute atomic E-state index is 0.0589. The van der Waals surface area contributed by atoms with Crippen LogP contribution in [0.2, 0.25) is 0 Å². The summed E-state index contributed by atoms with van der Waals surface area (Å²) in [5, 5.41) is 8.78. The average molecular weight is 256 g/mol. The fraction of sp³-hybridized carbons (Fsp3) is 0.833. The van der Waals surface area contributed by atoms with E-state index in [0.29, 0.717) is 13.1 Å². The Balaban J connectivity index is 1.91. The van der Waals surface area contributed by atoms with E-state index in [1.165, 1.54) is 0 Å². The SMILES string of the molecule is CC(C)(C)OC(=O)N1CC2CC1CN2CC(=O)O. The number of ether oxygens (including phenoxy) is 1. The molecule has 2 aliphatic heterocycles. The molecule has 1 N–H and O–H groups in total. The second-order valence-electron chi connectivity index (χ2n) is 6.00. The summed E-state index contributed by atoms with van der Waals surface area (Å²) in [5.74, 6) is -0.814. The van der Waals surface area contributed by atoms with Gasteiger partial charge in [0, 0.05) is 25.2 Å². The van der Waals surface area contributed by atoms with Gasteiger partial charge in [0.1, 0.15) is 5.60 Å². The van der Waals surface area contributed by atoms with Gasteiger partial charge in [-0.2, -0.15) is 0 Å². The van der Waals surface area contributed by atoms with Gasteiger partial charge < -0.3 is 14.7 Å². The Hall–Kier alpha value is -1.30. The van der Waals surface area contributed by atoms with Crippen LogP contribution in [0.5, 0.6) is 0 Å². The second kappa shape index (κ2) is 4.42. The number of nitrogens with zero attached hydrogens (tertiary/aromatic N) is 2. The van der Waals surface area contributed by atoms with Crippen LogP contribution in [0.1, 0.15) is 27.2 Å². The molecule has 0 aromatic carbocycles. The number of hydrogen-bond donors (Lipinski definition) is 1. The second-order valence-corrected chi connectivity index (χ2v) is 6.00. The van der Waals surface area contributed by atoms with Crippen molar-refractivity contribution in [3.05, 3.63) is 0 Å². The fourth-order valence-electron chi connectivity index (χ4n) is 2.66. The third-order valence-corrected chi connectivity index (χ3v) is 3.32. The van der Waals surface area contributed by atoms with Crippen LogP contribution in [-0.4, -0.2) is 64.3 Å². The summed E-state index contributed by atoms with van der Waals surface area (Å²) >= 11 is 0. The topological polar surface area (TPSA) is 70.1 Å². The number of amides is 1. The van der Waals surface area contributed by atoms with E-state index in [2.05, 4.69) is 0 Å². The van der Waals surface area contributed by atoms with Gasteiger partial charge in [0.05, 0.1) is 6.54 Å². The third-order valence-electron chi connectivity index (χ3n) is 3.32. The highest BCUT2D eigenvalue weighted by molar-refractivity contribution is 5.71. The molecule has 0 radical (unpaired) electrons. The maximum Gasteiger partial charge on any atom is 0.410 e. The van der Waals surface area contributed by atoms with Crippen LogP contribution in [0, 0.1) is 0 Å². The van der Waals surface area contributed by atoms with E-state index in [9.17, 15) is 9.59 Å². The van der Waals surface area contributed by atoms with Crippen molar-refractivity contribution in [3.63, 3.8) is 0 Å². The molecule has 0 aliphatic carbocycles. The van der Waals surface area contributed by atoms with Crippen molar-refractivity contribution in [1.29, 1.82) is 0 Å². The van der Waals surface area contributed by atoms with Crippen molar-refractivity contribution in [2.75, 3.05) is 19.6 Å². The standard InChI is InChI=1S/C12H20N2O4/c1-12(2,3)18-11(17)14-6-8-4-9(14)5-13(8)7-10(15)16/h8-9H,4-7H2,1-3H3,(H,15,16). The molecule has 2 unspecified atom stereocenters. The summed E-state index contributed by atoms with van der Waals surface area (Å²) < 4.78 is 5.34. The lowest BCUT2D eigenvalue weighted by atomic mass is 10.2. The maximum atomic E-state index is 11.9. The molecule has 2 bridgehead atoms. The number of aliphatic carboxylic acids is 1. The van der Waals surface area contributed by atoms with E-state index < -0.39 is 11.6 Å². The van der Waals surface area contributed by atoms with Gasteiger partial charge in [-0.15, -0.1) is 0 Å². The molecular formula is C12H20N2O4. The fourth-order valence-corrected chi connectivity index (χ4v) is 2.66. The molecule has 6 nitrogen and oxygen atoms in total. The molecule has 2 atom stereocenters. The van der Waals surface area contributed by atoms with Crippen LogP contribution < -0.4 is 0 Å². The summed E-state index contributed by atoms with van der Waals surface area (Å²) in [6, 6.07) is 0.266. The number of carbonyl (C=O) groups is 2. The first-order chi connectivity index (χ1) is 8.26. The summed E-state index contributed by atoms with van der Waals surface area (Å²) in [6.07, 6.45) is 0.567. The van der Waals surface area contributed by atoms with Crippen LogP contribution in [0.15, 0.2) is 0 Å². The molecule has 0 aromatic rings. The van der Waals surface area contributed by atoms with Gasteiger partial charge in [0.2, 0.25) is 0 Å². The molecule has 2 fully saturated rings. The largest absolute Gasteiger partial charge is 0.480 e. The lowest BCUT2D eigenvalue weighted by Crippen LogP contribution is -2.51. The summed E-state index contributed by atoms with van der Waals surface area (Å²) in [5.41, 5.74) is -0.486. The lowest BCUT2D eigenvalue weighted by molar-refractivity contribution is -0.138. The quantitative estimate of drug-likeness (QED) is 0.790. The Morgan fingerprint density at radius 2 is 1.94 bits per heavy atom. The molecule has 2 rings (SSSR count). The molecular weight excluding hydrogens is 236 g/mol. The van der Waals surface area contributed by atoms with E-state index in [1.54, 1.807) is 4.90 Å². The van der Waals surface area contributed by atoms with Crippen molar-refractivity contribution in [1.82, 2.24) is 9.80 Å². The number of fused-ring (bicyclic) bond motifs is 2. The van der Waals surface area contributed by atoms with Crippen LogP contribution in [0.4, 0.5) is 4.79 Å². The molecule has 18 heavy (non-hydrogen) atoms. The zero-order valence-corrected chi connectivity index (χ0v) is 11.0. The summed E-state index contributed by atoms with van der Waals surface area (Å²) in [4.78, 5) is 26.3. The molecule has 2 aliphatic rings. The zero-order chi connectivity index (χ0) is 13.5. The van der Waals surface area contributed by atoms with Gasteiger partial charge in [0.25, 0.3) is 0 Å². The molecule has 6 heteroatoms. The maximum absolute atomic E-state index is 11.9. The monoisotopic (exact) mass is 256 g/mol. The van der Waals surface area contributed by atoms with Crippen molar-refractivity contribution in [3.8, 4) is 0 Å². The number of likely N-dealkylation sites (tertiary alicyclic amines) is 2. The molecule has 2 saturated heterocycles. The van der Waals surface area contributed by atoms with Crippen LogP contribution in [0.3, 0.4) is 0 Å². The highest BCUT2D eigenvalue weighted by Crippen LogP contribution is 2.31. The molecule has 1 amide bonds. The minimum atomic E-state index is -0.814. The molecule has 2 heterocycles. The summed E-state index contributed by atoms with van der Waals surface area (Å²) in [6.45, 7) is 6.80. The van der Waals surface area contributed by atoms with Crippen LogP contribution in [-0.2, 0) is 9.53 Å². The number of rotatable bonds is 2. The predicted molar refractivity (Wildman–Crippen MR) is 64.3 cm³/mol. The lowest BCUT2D eigenvalue weighted by Gasteiger charge is -2.34. The normalized spacial score (nSPS) is 27.6. The Labute approximate surface area is 106 Å².